The molecule has 18 heavy (non-hydrogen) atoms. The number of aromatic amines is 1. The summed E-state index contributed by atoms with van der Waals surface area (Å²) in [5.74, 6) is -0.332. The zero-order valence-corrected chi connectivity index (χ0v) is 11.3. The highest BCUT2D eigenvalue weighted by Gasteiger charge is 2.20. The third-order valence-corrected chi connectivity index (χ3v) is 3.15. The Labute approximate surface area is 111 Å². The predicted molar refractivity (Wildman–Crippen MR) is 72.1 cm³/mol. The van der Waals surface area contributed by atoms with E-state index in [4.69, 9.17) is 16.3 Å². The molecular weight excluding hydrogens is 250 g/mol. The number of hydrogen-bond donors (Lipinski definition) is 1. The molecule has 4 heteroatoms. The normalized spacial score (nSPS) is 10.4. The number of halogens is 1. The second kappa shape index (κ2) is 4.86. The average Bonchev–Trinajstić information content (AvgIpc) is 2.64. The molecule has 0 amide bonds. The lowest BCUT2D eigenvalue weighted by molar-refractivity contribution is 0.0601. The van der Waals surface area contributed by atoms with Gasteiger partial charge in [-0.05, 0) is 31.5 Å². The molecule has 0 saturated carbocycles. The van der Waals surface area contributed by atoms with Gasteiger partial charge in [-0.15, -0.1) is 0 Å². The lowest BCUT2D eigenvalue weighted by Gasteiger charge is -2.05. The Balaban J connectivity index is 2.63. The summed E-state index contributed by atoms with van der Waals surface area (Å²) in [6, 6.07) is 7.40. The molecule has 0 radical (unpaired) electrons. The third-order valence-electron chi connectivity index (χ3n) is 2.90. The molecule has 94 valence electrons. The average molecular weight is 264 g/mol. The van der Waals surface area contributed by atoms with Gasteiger partial charge in [0.25, 0.3) is 0 Å². The van der Waals surface area contributed by atoms with Crippen LogP contribution in [0.25, 0.3) is 11.1 Å². The van der Waals surface area contributed by atoms with E-state index in [2.05, 4.69) is 4.98 Å². The van der Waals surface area contributed by atoms with Gasteiger partial charge in [-0.1, -0.05) is 23.7 Å². The largest absolute Gasteiger partial charge is 0.465 e. The number of nitrogens with one attached hydrogen (secondary N) is 1. The van der Waals surface area contributed by atoms with Gasteiger partial charge >= 0.3 is 5.97 Å². The van der Waals surface area contributed by atoms with Crippen molar-refractivity contribution in [2.75, 3.05) is 7.11 Å². The molecule has 0 aliphatic heterocycles. The van der Waals surface area contributed by atoms with Gasteiger partial charge in [-0.3, -0.25) is 0 Å². The quantitative estimate of drug-likeness (QED) is 0.839. The fourth-order valence-electron chi connectivity index (χ4n) is 2.12. The molecule has 1 aromatic heterocycles. The van der Waals surface area contributed by atoms with Crippen molar-refractivity contribution in [1.82, 2.24) is 4.98 Å². The molecule has 1 heterocycles. The Morgan fingerprint density at radius 1 is 1.17 bits per heavy atom. The number of methoxy groups -OCH3 is 1. The third kappa shape index (κ3) is 2.14. The van der Waals surface area contributed by atoms with Crippen LogP contribution in [0, 0.1) is 13.8 Å². The molecule has 0 saturated heterocycles. The summed E-state index contributed by atoms with van der Waals surface area (Å²) < 4.78 is 4.83. The summed E-state index contributed by atoms with van der Waals surface area (Å²) in [6.45, 7) is 3.79. The van der Waals surface area contributed by atoms with E-state index >= 15 is 0 Å². The van der Waals surface area contributed by atoms with E-state index in [1.165, 1.54) is 7.11 Å². The fraction of sp³-hybridized carbons (Fsp3) is 0.214. The van der Waals surface area contributed by atoms with Crippen molar-refractivity contribution in [1.29, 1.82) is 0 Å². The monoisotopic (exact) mass is 263 g/mol. The summed E-state index contributed by atoms with van der Waals surface area (Å²) >= 11 is 5.87. The summed E-state index contributed by atoms with van der Waals surface area (Å²) in [5, 5.41) is 0.670. The lowest BCUT2D eigenvalue weighted by Crippen LogP contribution is -2.03. The van der Waals surface area contributed by atoms with Crippen LogP contribution in [0.4, 0.5) is 0 Å². The Bertz CT molecular complexity index is 585. The molecule has 0 aliphatic carbocycles. The Morgan fingerprint density at radius 2 is 1.78 bits per heavy atom. The van der Waals surface area contributed by atoms with Gasteiger partial charge in [0.15, 0.2) is 0 Å². The van der Waals surface area contributed by atoms with E-state index in [0.29, 0.717) is 10.6 Å². The second-order valence-corrected chi connectivity index (χ2v) is 4.56. The molecule has 0 spiro atoms. The molecule has 2 rings (SSSR count). The molecular formula is C14H14ClNO2. The maximum absolute atomic E-state index is 11.8. The fourth-order valence-corrected chi connectivity index (χ4v) is 2.24. The van der Waals surface area contributed by atoms with Crippen LogP contribution in [0.15, 0.2) is 24.3 Å². The van der Waals surface area contributed by atoms with E-state index in [1.54, 1.807) is 12.1 Å². The molecule has 3 nitrogen and oxygen atoms in total. The van der Waals surface area contributed by atoms with Crippen molar-refractivity contribution in [3.05, 3.63) is 46.2 Å². The maximum Gasteiger partial charge on any atom is 0.340 e. The van der Waals surface area contributed by atoms with Gasteiger partial charge in [0.2, 0.25) is 0 Å². The molecule has 2 aromatic rings. The van der Waals surface area contributed by atoms with Gasteiger partial charge < -0.3 is 9.72 Å². The number of ether oxygens (including phenoxy) is 1. The van der Waals surface area contributed by atoms with Crippen LogP contribution in [0.5, 0.6) is 0 Å². The van der Waals surface area contributed by atoms with Gasteiger partial charge in [0, 0.05) is 22.0 Å². The van der Waals surface area contributed by atoms with Crippen LogP contribution in [0.1, 0.15) is 21.7 Å². The first-order valence-corrected chi connectivity index (χ1v) is 5.95. The number of carbonyl (C=O) groups is 1. The first-order chi connectivity index (χ1) is 8.54. The number of H-pyrrole nitrogens is 1. The Kier molecular flexibility index (Phi) is 3.43. The van der Waals surface area contributed by atoms with Crippen LogP contribution in [-0.2, 0) is 4.74 Å². The van der Waals surface area contributed by atoms with Crippen molar-refractivity contribution in [2.45, 2.75) is 13.8 Å². The number of aromatic nitrogens is 1. The highest BCUT2D eigenvalue weighted by Crippen LogP contribution is 2.31. The topological polar surface area (TPSA) is 42.1 Å². The maximum atomic E-state index is 11.8. The number of aryl methyl sites for hydroxylation is 2. The van der Waals surface area contributed by atoms with E-state index in [1.807, 2.05) is 26.0 Å². The van der Waals surface area contributed by atoms with Gasteiger partial charge in [0.05, 0.1) is 12.7 Å². The van der Waals surface area contributed by atoms with Crippen LogP contribution in [-0.4, -0.2) is 18.1 Å². The van der Waals surface area contributed by atoms with Crippen molar-refractivity contribution in [2.24, 2.45) is 0 Å². The molecule has 0 fully saturated rings. The van der Waals surface area contributed by atoms with Crippen LogP contribution in [0.3, 0.4) is 0 Å². The smallest absolute Gasteiger partial charge is 0.340 e. The standard InChI is InChI=1S/C14H14ClNO2/c1-8-12(10-4-6-11(15)7-5-10)13(9(2)16-8)14(17)18-3/h4-7,16H,1-3H3. The van der Waals surface area contributed by atoms with Crippen LogP contribution >= 0.6 is 11.6 Å². The molecule has 0 atom stereocenters. The molecule has 0 aliphatic rings. The van der Waals surface area contributed by atoms with Gasteiger partial charge in [-0.2, -0.15) is 0 Å². The highest BCUT2D eigenvalue weighted by atomic mass is 35.5. The molecule has 0 unspecified atom stereocenters. The molecule has 1 N–H and O–H groups in total. The van der Waals surface area contributed by atoms with Gasteiger partial charge in [0.1, 0.15) is 0 Å². The minimum atomic E-state index is -0.332. The zero-order chi connectivity index (χ0) is 13.3. The minimum absolute atomic E-state index is 0.332. The van der Waals surface area contributed by atoms with Crippen molar-refractivity contribution in [3.63, 3.8) is 0 Å². The van der Waals surface area contributed by atoms with Crippen molar-refractivity contribution < 1.29 is 9.53 Å². The minimum Gasteiger partial charge on any atom is -0.465 e. The summed E-state index contributed by atoms with van der Waals surface area (Å²) in [7, 11) is 1.38. The number of esters is 1. The summed E-state index contributed by atoms with van der Waals surface area (Å²) in [4.78, 5) is 15.0. The van der Waals surface area contributed by atoms with E-state index in [-0.39, 0.29) is 5.97 Å². The van der Waals surface area contributed by atoms with E-state index in [0.717, 1.165) is 22.5 Å². The van der Waals surface area contributed by atoms with Crippen LogP contribution in [0.2, 0.25) is 5.02 Å². The van der Waals surface area contributed by atoms with Crippen molar-refractivity contribution in [3.8, 4) is 11.1 Å². The zero-order valence-electron chi connectivity index (χ0n) is 10.5. The highest BCUT2D eigenvalue weighted by molar-refractivity contribution is 6.30. The number of hydrogen-bond acceptors (Lipinski definition) is 2. The van der Waals surface area contributed by atoms with E-state index < -0.39 is 0 Å². The molecule has 0 bridgehead atoms. The number of rotatable bonds is 2. The second-order valence-electron chi connectivity index (χ2n) is 4.12. The van der Waals surface area contributed by atoms with Crippen LogP contribution < -0.4 is 0 Å². The SMILES string of the molecule is COC(=O)c1c(C)[nH]c(C)c1-c1ccc(Cl)cc1. The number of carbonyl (C=O) groups excluding carboxylic acids is 1. The first kappa shape index (κ1) is 12.7. The number of benzene rings is 1. The molecule has 1 aromatic carbocycles. The van der Waals surface area contributed by atoms with E-state index in [9.17, 15) is 4.79 Å². The summed E-state index contributed by atoms with van der Waals surface area (Å²) in [6.07, 6.45) is 0. The lowest BCUT2D eigenvalue weighted by atomic mass is 10.0. The van der Waals surface area contributed by atoms with Crippen molar-refractivity contribution >= 4 is 17.6 Å². The Hall–Kier alpha value is -1.74. The van der Waals surface area contributed by atoms with Gasteiger partial charge in [-0.25, -0.2) is 4.79 Å². The Morgan fingerprint density at radius 3 is 2.33 bits per heavy atom. The summed E-state index contributed by atoms with van der Waals surface area (Å²) in [5.41, 5.74) is 4.15. The first-order valence-electron chi connectivity index (χ1n) is 5.58. The predicted octanol–water partition coefficient (Wildman–Crippen LogP) is 3.74.